The minimum Gasteiger partial charge on any atom is -0.508 e. The molecule has 0 saturated carbocycles. The number of phenols is 1. The molecule has 4 rings (SSSR count). The quantitative estimate of drug-likeness (QED) is 0.592. The Morgan fingerprint density at radius 3 is 2.84 bits per heavy atom. The average Bonchev–Trinajstić information content (AvgIpc) is 2.92. The number of phenolic OH excluding ortho intramolecular Hbond substituents is 1. The Kier molecular flexibility index (Phi) is 3.42. The predicted molar refractivity (Wildman–Crippen MR) is 91.3 cm³/mol. The van der Waals surface area contributed by atoms with Gasteiger partial charge in [0.05, 0.1) is 18.1 Å². The van der Waals surface area contributed by atoms with Gasteiger partial charge in [-0.15, -0.1) is 0 Å². The fraction of sp³-hybridized carbons (Fsp3) is 0.0588. The summed E-state index contributed by atoms with van der Waals surface area (Å²) in [5, 5.41) is 9.52. The van der Waals surface area contributed by atoms with E-state index >= 15 is 0 Å². The third-order valence-corrected chi connectivity index (χ3v) is 3.68. The van der Waals surface area contributed by atoms with Crippen LogP contribution in [0.4, 0.5) is 5.95 Å². The molecule has 124 valence electrons. The van der Waals surface area contributed by atoms with Gasteiger partial charge in [-0.1, -0.05) is 6.07 Å². The van der Waals surface area contributed by atoms with Crippen molar-refractivity contribution in [3.8, 4) is 28.8 Å². The van der Waals surface area contributed by atoms with Gasteiger partial charge in [0.1, 0.15) is 17.2 Å². The van der Waals surface area contributed by atoms with Gasteiger partial charge < -0.3 is 15.6 Å². The first-order valence-corrected chi connectivity index (χ1v) is 7.50. The van der Waals surface area contributed by atoms with E-state index in [9.17, 15) is 5.11 Å². The van der Waals surface area contributed by atoms with Crippen LogP contribution in [0.15, 0.2) is 48.9 Å². The Morgan fingerprint density at radius 2 is 2.04 bits per heavy atom. The molecule has 0 aliphatic rings. The summed E-state index contributed by atoms with van der Waals surface area (Å²) in [6.07, 6.45) is 4.94. The SMILES string of the molecule is Cc1c(-c2ccnc(N)n2)nc2cnc(Oc3cccc(O)c3)cn12. The maximum atomic E-state index is 9.52. The van der Waals surface area contributed by atoms with Gasteiger partial charge in [0.15, 0.2) is 5.65 Å². The second-order valence-corrected chi connectivity index (χ2v) is 5.40. The summed E-state index contributed by atoms with van der Waals surface area (Å²) in [5.74, 6) is 1.20. The summed E-state index contributed by atoms with van der Waals surface area (Å²) in [5.41, 5.74) is 8.53. The second-order valence-electron chi connectivity index (χ2n) is 5.40. The molecule has 0 bridgehead atoms. The highest BCUT2D eigenvalue weighted by Crippen LogP contribution is 2.26. The number of nitrogens with two attached hydrogens (primary N) is 1. The van der Waals surface area contributed by atoms with Gasteiger partial charge >= 0.3 is 0 Å². The van der Waals surface area contributed by atoms with Crippen LogP contribution in [-0.4, -0.2) is 29.4 Å². The fourth-order valence-corrected chi connectivity index (χ4v) is 2.52. The van der Waals surface area contributed by atoms with E-state index in [4.69, 9.17) is 10.5 Å². The number of nitrogens with zero attached hydrogens (tertiary/aromatic N) is 5. The molecule has 0 radical (unpaired) electrons. The number of hydrogen-bond donors (Lipinski definition) is 2. The first-order valence-electron chi connectivity index (χ1n) is 7.50. The number of aryl methyl sites for hydroxylation is 1. The zero-order chi connectivity index (χ0) is 17.4. The van der Waals surface area contributed by atoms with Crippen LogP contribution in [0.2, 0.25) is 0 Å². The van der Waals surface area contributed by atoms with Crippen molar-refractivity contribution in [2.24, 2.45) is 0 Å². The molecule has 3 N–H and O–H groups in total. The number of ether oxygens (including phenoxy) is 1. The average molecular weight is 334 g/mol. The number of anilines is 1. The maximum absolute atomic E-state index is 9.52. The number of fused-ring (bicyclic) bond motifs is 1. The number of rotatable bonds is 3. The van der Waals surface area contributed by atoms with Gasteiger partial charge in [-0.05, 0) is 25.1 Å². The lowest BCUT2D eigenvalue weighted by Crippen LogP contribution is -1.96. The summed E-state index contributed by atoms with van der Waals surface area (Å²) in [7, 11) is 0. The molecule has 0 unspecified atom stereocenters. The highest BCUT2D eigenvalue weighted by atomic mass is 16.5. The van der Waals surface area contributed by atoms with E-state index in [1.165, 1.54) is 6.07 Å². The Balaban J connectivity index is 1.75. The van der Waals surface area contributed by atoms with Crippen LogP contribution in [0.5, 0.6) is 17.4 Å². The van der Waals surface area contributed by atoms with E-state index in [1.54, 1.807) is 42.9 Å². The topological polar surface area (TPSA) is 111 Å². The number of aromatic nitrogens is 5. The van der Waals surface area contributed by atoms with Crippen molar-refractivity contribution in [1.29, 1.82) is 0 Å². The molecule has 0 amide bonds. The normalized spacial score (nSPS) is 10.9. The molecule has 8 nitrogen and oxygen atoms in total. The number of hydrogen-bond acceptors (Lipinski definition) is 7. The van der Waals surface area contributed by atoms with Crippen molar-refractivity contribution in [1.82, 2.24) is 24.3 Å². The monoisotopic (exact) mass is 334 g/mol. The molecule has 8 heteroatoms. The van der Waals surface area contributed by atoms with Gasteiger partial charge in [-0.3, -0.25) is 4.40 Å². The Hall–Kier alpha value is -3.68. The Labute approximate surface area is 142 Å². The van der Waals surface area contributed by atoms with Gasteiger partial charge in [0.2, 0.25) is 11.8 Å². The maximum Gasteiger partial charge on any atom is 0.236 e. The highest BCUT2D eigenvalue weighted by Gasteiger charge is 2.13. The van der Waals surface area contributed by atoms with E-state index in [2.05, 4.69) is 19.9 Å². The van der Waals surface area contributed by atoms with Gasteiger partial charge in [-0.2, -0.15) is 0 Å². The van der Waals surface area contributed by atoms with Gasteiger partial charge in [0.25, 0.3) is 0 Å². The molecular formula is C17H14N6O2. The minimum atomic E-state index is 0.126. The van der Waals surface area contributed by atoms with Crippen molar-refractivity contribution >= 4 is 11.6 Å². The van der Waals surface area contributed by atoms with E-state index in [-0.39, 0.29) is 11.7 Å². The van der Waals surface area contributed by atoms with Crippen LogP contribution in [0.25, 0.3) is 17.0 Å². The first kappa shape index (κ1) is 14.9. The number of imidazole rings is 1. The van der Waals surface area contributed by atoms with Crippen molar-refractivity contribution in [2.75, 3.05) is 5.73 Å². The third-order valence-electron chi connectivity index (χ3n) is 3.68. The van der Waals surface area contributed by atoms with Crippen molar-refractivity contribution in [3.05, 3.63) is 54.6 Å². The molecule has 3 heterocycles. The third kappa shape index (κ3) is 2.80. The van der Waals surface area contributed by atoms with E-state index in [0.29, 0.717) is 28.7 Å². The molecule has 4 aromatic rings. The fourth-order valence-electron chi connectivity index (χ4n) is 2.52. The van der Waals surface area contributed by atoms with E-state index < -0.39 is 0 Å². The van der Waals surface area contributed by atoms with Crippen LogP contribution in [-0.2, 0) is 0 Å². The largest absolute Gasteiger partial charge is 0.508 e. The minimum absolute atomic E-state index is 0.126. The molecule has 0 saturated heterocycles. The van der Waals surface area contributed by atoms with Crippen LogP contribution < -0.4 is 10.5 Å². The lowest BCUT2D eigenvalue weighted by Gasteiger charge is -2.06. The van der Waals surface area contributed by atoms with Crippen LogP contribution in [0.3, 0.4) is 0 Å². The number of nitrogen functional groups attached to an aromatic ring is 1. The van der Waals surface area contributed by atoms with E-state index in [1.807, 2.05) is 11.3 Å². The number of benzene rings is 1. The summed E-state index contributed by atoms with van der Waals surface area (Å²) in [6.45, 7) is 1.92. The zero-order valence-electron chi connectivity index (χ0n) is 13.3. The first-order chi connectivity index (χ1) is 12.1. The molecular weight excluding hydrogens is 320 g/mol. The zero-order valence-corrected chi connectivity index (χ0v) is 13.3. The summed E-state index contributed by atoms with van der Waals surface area (Å²) in [4.78, 5) is 16.9. The molecule has 25 heavy (non-hydrogen) atoms. The molecule has 3 aromatic heterocycles. The lowest BCUT2D eigenvalue weighted by atomic mass is 10.2. The summed E-state index contributed by atoms with van der Waals surface area (Å²) in [6, 6.07) is 8.28. The molecule has 0 atom stereocenters. The smallest absolute Gasteiger partial charge is 0.236 e. The second kappa shape index (κ2) is 5.75. The van der Waals surface area contributed by atoms with Crippen LogP contribution >= 0.6 is 0 Å². The van der Waals surface area contributed by atoms with Crippen molar-refractivity contribution in [2.45, 2.75) is 6.92 Å². The molecule has 0 fully saturated rings. The molecule has 0 aliphatic heterocycles. The standard InChI is InChI=1S/C17H14N6O2/c1-10-16(13-5-6-19-17(18)21-13)22-14-8-20-15(9-23(10)14)25-12-4-2-3-11(24)7-12/h2-9,24H,1H3,(H2,18,19,21). The van der Waals surface area contributed by atoms with Crippen LogP contribution in [0.1, 0.15) is 5.69 Å². The highest BCUT2D eigenvalue weighted by molar-refractivity contribution is 5.63. The molecule has 0 spiro atoms. The summed E-state index contributed by atoms with van der Waals surface area (Å²) < 4.78 is 7.55. The van der Waals surface area contributed by atoms with Crippen molar-refractivity contribution < 1.29 is 9.84 Å². The molecule has 1 aromatic carbocycles. The van der Waals surface area contributed by atoms with E-state index in [0.717, 1.165) is 5.69 Å². The predicted octanol–water partition coefficient (Wildman–Crippen LogP) is 2.57. The lowest BCUT2D eigenvalue weighted by molar-refractivity contribution is 0.443. The number of aromatic hydroxyl groups is 1. The van der Waals surface area contributed by atoms with Gasteiger partial charge in [0, 0.05) is 18.0 Å². The van der Waals surface area contributed by atoms with Gasteiger partial charge in [-0.25, -0.2) is 19.9 Å². The van der Waals surface area contributed by atoms with Crippen LogP contribution in [0, 0.1) is 6.92 Å². The Morgan fingerprint density at radius 1 is 1.16 bits per heavy atom. The Bertz CT molecular complexity index is 1080. The molecule has 0 aliphatic carbocycles. The van der Waals surface area contributed by atoms with Crippen molar-refractivity contribution in [3.63, 3.8) is 0 Å². The summed E-state index contributed by atoms with van der Waals surface area (Å²) >= 11 is 0.